The highest BCUT2D eigenvalue weighted by molar-refractivity contribution is 5.79. The summed E-state index contributed by atoms with van der Waals surface area (Å²) in [5, 5.41) is 12.0. The van der Waals surface area contributed by atoms with Crippen molar-refractivity contribution in [3.05, 3.63) is 59.7 Å². The number of H-pyrrole nitrogens is 1. The topological polar surface area (TPSA) is 81.2 Å². The van der Waals surface area contributed by atoms with Gasteiger partial charge in [-0.05, 0) is 36.2 Å². The fraction of sp³-hybridized carbons (Fsp3) is 0.333. The summed E-state index contributed by atoms with van der Waals surface area (Å²) in [6.45, 7) is 0.307. The third-order valence-corrected chi connectivity index (χ3v) is 4.77. The Morgan fingerprint density at radius 1 is 1.23 bits per heavy atom. The van der Waals surface area contributed by atoms with Gasteiger partial charge in [0, 0.05) is 20.2 Å². The number of imidazole rings is 1. The van der Waals surface area contributed by atoms with Gasteiger partial charge in [0.1, 0.15) is 0 Å². The zero-order chi connectivity index (χ0) is 21.7. The van der Waals surface area contributed by atoms with Crippen LogP contribution in [0.4, 0.5) is 19.1 Å². The van der Waals surface area contributed by atoms with Crippen molar-refractivity contribution in [2.45, 2.75) is 25.1 Å². The summed E-state index contributed by atoms with van der Waals surface area (Å²) in [4.78, 5) is 21.6. The maximum atomic E-state index is 13.2. The summed E-state index contributed by atoms with van der Waals surface area (Å²) >= 11 is 0. The molecule has 9 heteroatoms. The smallest absolute Gasteiger partial charge is 0.396 e. The van der Waals surface area contributed by atoms with E-state index in [0.717, 1.165) is 17.6 Å². The van der Waals surface area contributed by atoms with Crippen LogP contribution in [0.1, 0.15) is 30.0 Å². The van der Waals surface area contributed by atoms with E-state index in [9.17, 15) is 18.0 Å². The minimum atomic E-state index is -4.48. The highest BCUT2D eigenvalue weighted by Gasteiger charge is 2.31. The minimum Gasteiger partial charge on any atom is -0.396 e. The molecular formula is C21H23F3N4O2. The van der Waals surface area contributed by atoms with Gasteiger partial charge in [-0.1, -0.05) is 24.3 Å². The molecule has 0 saturated carbocycles. The summed E-state index contributed by atoms with van der Waals surface area (Å²) in [5.41, 5.74) is 1.02. The van der Waals surface area contributed by atoms with Crippen LogP contribution in [-0.4, -0.2) is 46.1 Å². The maximum absolute atomic E-state index is 13.2. The first-order valence-corrected chi connectivity index (χ1v) is 9.51. The van der Waals surface area contributed by atoms with Crippen molar-refractivity contribution in [3.63, 3.8) is 0 Å². The van der Waals surface area contributed by atoms with Crippen molar-refractivity contribution in [1.82, 2.24) is 14.9 Å². The summed E-state index contributed by atoms with van der Waals surface area (Å²) in [6.07, 6.45) is -4.13. The second-order valence-corrected chi connectivity index (χ2v) is 7.02. The van der Waals surface area contributed by atoms with Gasteiger partial charge in [0.2, 0.25) is 11.9 Å². The van der Waals surface area contributed by atoms with E-state index in [2.05, 4.69) is 15.3 Å². The highest BCUT2D eigenvalue weighted by Crippen LogP contribution is 2.32. The predicted molar refractivity (Wildman–Crippen MR) is 108 cm³/mol. The lowest BCUT2D eigenvalue weighted by atomic mass is 10.0. The number of hydrogen-bond acceptors (Lipinski definition) is 4. The number of rotatable bonds is 8. The number of hydrogen-bond donors (Lipinski definition) is 3. The Labute approximate surface area is 171 Å². The van der Waals surface area contributed by atoms with Gasteiger partial charge in [0.05, 0.1) is 29.1 Å². The highest BCUT2D eigenvalue weighted by atomic mass is 19.4. The number of anilines is 1. The molecule has 0 radical (unpaired) electrons. The van der Waals surface area contributed by atoms with Gasteiger partial charge in [-0.25, -0.2) is 4.98 Å². The van der Waals surface area contributed by atoms with Crippen LogP contribution >= 0.6 is 0 Å². The number of fused-ring (bicyclic) bond motifs is 1. The van der Waals surface area contributed by atoms with Crippen LogP contribution in [-0.2, 0) is 11.0 Å². The van der Waals surface area contributed by atoms with Gasteiger partial charge in [-0.15, -0.1) is 0 Å². The molecule has 1 amide bonds. The second-order valence-electron chi connectivity index (χ2n) is 7.02. The quantitative estimate of drug-likeness (QED) is 0.515. The number of para-hydroxylation sites is 2. The van der Waals surface area contributed by atoms with Crippen LogP contribution < -0.4 is 5.32 Å². The molecular weight excluding hydrogens is 397 g/mol. The fourth-order valence-corrected chi connectivity index (χ4v) is 3.13. The molecule has 3 rings (SSSR count). The zero-order valence-electron chi connectivity index (χ0n) is 16.4. The number of carbonyl (C=O) groups is 1. The van der Waals surface area contributed by atoms with Crippen molar-refractivity contribution in [1.29, 1.82) is 0 Å². The lowest BCUT2D eigenvalue weighted by Gasteiger charge is -2.23. The number of aromatic amines is 1. The molecule has 0 bridgehead atoms. The van der Waals surface area contributed by atoms with Gasteiger partial charge < -0.3 is 20.3 Å². The Morgan fingerprint density at radius 3 is 2.70 bits per heavy atom. The zero-order valence-corrected chi connectivity index (χ0v) is 16.4. The molecule has 1 heterocycles. The Bertz CT molecular complexity index is 970. The largest absolute Gasteiger partial charge is 0.416 e. The Morgan fingerprint density at radius 2 is 2.00 bits per heavy atom. The van der Waals surface area contributed by atoms with E-state index in [4.69, 9.17) is 5.11 Å². The molecule has 3 aromatic rings. The Balaban J connectivity index is 1.89. The van der Waals surface area contributed by atoms with Crippen molar-refractivity contribution >= 4 is 22.9 Å². The number of amides is 1. The van der Waals surface area contributed by atoms with Gasteiger partial charge in [-0.3, -0.25) is 4.79 Å². The SMILES string of the molecule is CN(CCCO)C(=O)CC(Nc1nc2ccccc2[nH]1)c1cccc(C(F)(F)F)c1. The number of aromatic nitrogens is 2. The lowest BCUT2D eigenvalue weighted by Crippen LogP contribution is -2.31. The number of carbonyl (C=O) groups excluding carboxylic acids is 1. The van der Waals surface area contributed by atoms with E-state index < -0.39 is 17.8 Å². The summed E-state index contributed by atoms with van der Waals surface area (Å²) in [5.74, 6) is 0.110. The minimum absolute atomic E-state index is 0.0497. The lowest BCUT2D eigenvalue weighted by molar-refractivity contribution is -0.137. The molecule has 0 aliphatic heterocycles. The van der Waals surface area contributed by atoms with E-state index in [0.29, 0.717) is 30.0 Å². The molecule has 0 saturated heterocycles. The Kier molecular flexibility index (Phi) is 6.61. The van der Waals surface area contributed by atoms with Crippen molar-refractivity contribution in [2.75, 3.05) is 25.5 Å². The van der Waals surface area contributed by atoms with Gasteiger partial charge >= 0.3 is 6.18 Å². The third kappa shape index (κ3) is 5.29. The van der Waals surface area contributed by atoms with E-state index in [-0.39, 0.29) is 18.9 Å². The standard InChI is InChI=1S/C21H23F3N4O2/c1-28(10-5-11-29)19(30)13-18(14-6-4-7-15(12-14)21(22,23)24)27-20-25-16-8-2-3-9-17(16)26-20/h2-4,6-9,12,18,29H,5,10-11,13H2,1H3,(H2,25,26,27). The van der Waals surface area contributed by atoms with Crippen LogP contribution in [0.3, 0.4) is 0 Å². The third-order valence-electron chi connectivity index (χ3n) is 4.77. The number of alkyl halides is 3. The second kappa shape index (κ2) is 9.17. The molecule has 3 N–H and O–H groups in total. The number of benzene rings is 2. The molecule has 160 valence electrons. The molecule has 1 aromatic heterocycles. The molecule has 30 heavy (non-hydrogen) atoms. The van der Waals surface area contributed by atoms with Gasteiger partial charge in [-0.2, -0.15) is 13.2 Å². The molecule has 6 nitrogen and oxygen atoms in total. The van der Waals surface area contributed by atoms with Crippen LogP contribution in [0.15, 0.2) is 48.5 Å². The van der Waals surface area contributed by atoms with E-state index >= 15 is 0 Å². The first-order valence-electron chi connectivity index (χ1n) is 9.51. The molecule has 1 atom stereocenters. The maximum Gasteiger partial charge on any atom is 0.416 e. The van der Waals surface area contributed by atoms with Gasteiger partial charge in [0.15, 0.2) is 0 Å². The Hall–Kier alpha value is -3.07. The van der Waals surface area contributed by atoms with Crippen LogP contribution in [0, 0.1) is 0 Å². The van der Waals surface area contributed by atoms with E-state index in [1.165, 1.54) is 11.0 Å². The molecule has 0 aliphatic carbocycles. The number of halogens is 3. The summed E-state index contributed by atoms with van der Waals surface area (Å²) in [7, 11) is 1.60. The molecule has 0 fully saturated rings. The number of nitrogens with zero attached hydrogens (tertiary/aromatic N) is 2. The normalized spacial score (nSPS) is 12.7. The molecule has 2 aromatic carbocycles. The average molecular weight is 420 g/mol. The van der Waals surface area contributed by atoms with E-state index in [1.807, 2.05) is 24.3 Å². The van der Waals surface area contributed by atoms with Crippen LogP contribution in [0.25, 0.3) is 11.0 Å². The first-order chi connectivity index (χ1) is 14.3. The number of aliphatic hydroxyl groups excluding tert-OH is 1. The van der Waals surface area contributed by atoms with Gasteiger partial charge in [0.25, 0.3) is 0 Å². The van der Waals surface area contributed by atoms with Crippen molar-refractivity contribution in [3.8, 4) is 0 Å². The van der Waals surface area contributed by atoms with Crippen LogP contribution in [0.5, 0.6) is 0 Å². The predicted octanol–water partition coefficient (Wildman–Crippen LogP) is 3.97. The van der Waals surface area contributed by atoms with Crippen molar-refractivity contribution in [2.24, 2.45) is 0 Å². The monoisotopic (exact) mass is 420 g/mol. The summed E-state index contributed by atoms with van der Waals surface area (Å²) in [6, 6.07) is 11.5. The number of nitrogens with one attached hydrogen (secondary N) is 2. The molecule has 0 aliphatic rings. The van der Waals surface area contributed by atoms with Crippen molar-refractivity contribution < 1.29 is 23.1 Å². The average Bonchev–Trinajstić information content (AvgIpc) is 3.13. The fourth-order valence-electron chi connectivity index (χ4n) is 3.13. The van der Waals surface area contributed by atoms with Crippen LogP contribution in [0.2, 0.25) is 0 Å². The van der Waals surface area contributed by atoms with E-state index in [1.54, 1.807) is 13.1 Å². The first kappa shape index (κ1) is 21.6. The molecule has 0 spiro atoms. The summed E-state index contributed by atoms with van der Waals surface area (Å²) < 4.78 is 39.6. The molecule has 1 unspecified atom stereocenters. The number of aliphatic hydroxyl groups is 1.